The number of primary amides is 1. The van der Waals surface area contributed by atoms with Gasteiger partial charge in [0.2, 0.25) is 0 Å². The van der Waals surface area contributed by atoms with Crippen LogP contribution in [0.4, 0.5) is 9.80 Å². The van der Waals surface area contributed by atoms with Crippen LogP contribution in [0, 0.1) is 0 Å². The van der Waals surface area contributed by atoms with Gasteiger partial charge in [0.05, 0.1) is 18.8 Å². The average Bonchev–Trinajstić information content (AvgIpc) is 2.93. The van der Waals surface area contributed by atoms with Crippen LogP contribution in [0.3, 0.4) is 0 Å². The van der Waals surface area contributed by atoms with Crippen LogP contribution in [0.5, 0.6) is 0 Å². The zero-order valence-corrected chi connectivity index (χ0v) is 14.5. The summed E-state index contributed by atoms with van der Waals surface area (Å²) in [6.07, 6.45) is 4.01. The third-order valence-corrected chi connectivity index (χ3v) is 5.67. The monoisotopic (exact) mass is 352 g/mol. The molecule has 24 heavy (non-hydrogen) atoms. The lowest BCUT2D eigenvalue weighted by molar-refractivity contribution is 0.0388. The van der Waals surface area contributed by atoms with E-state index in [1.807, 2.05) is 0 Å². The van der Waals surface area contributed by atoms with Crippen LogP contribution in [0.25, 0.3) is 0 Å². The molecule has 1 aromatic rings. The average molecular weight is 352 g/mol. The van der Waals surface area contributed by atoms with Crippen molar-refractivity contribution in [2.75, 3.05) is 44.7 Å². The van der Waals surface area contributed by atoms with Gasteiger partial charge in [-0.05, 0) is 31.2 Å². The minimum absolute atomic E-state index is 0.288. The number of urea groups is 1. The highest BCUT2D eigenvalue weighted by Crippen LogP contribution is 2.37. The molecule has 7 nitrogen and oxygen atoms in total. The van der Waals surface area contributed by atoms with E-state index in [1.54, 1.807) is 0 Å². The number of nitrogens with zero attached hydrogens (tertiary/aromatic N) is 1. The molecule has 1 fully saturated rings. The third kappa shape index (κ3) is 4.06. The summed E-state index contributed by atoms with van der Waals surface area (Å²) in [7, 11) is 0. The molecule has 0 unspecified atom stereocenters. The minimum atomic E-state index is -0.460. The molecule has 1 aliphatic carbocycles. The van der Waals surface area contributed by atoms with E-state index in [0.29, 0.717) is 17.1 Å². The second-order valence-corrected chi connectivity index (χ2v) is 7.22. The van der Waals surface area contributed by atoms with Gasteiger partial charge in [-0.2, -0.15) is 0 Å². The van der Waals surface area contributed by atoms with Crippen molar-refractivity contribution in [3.8, 4) is 0 Å². The van der Waals surface area contributed by atoms with Crippen molar-refractivity contribution in [2.24, 2.45) is 5.73 Å². The molecule has 0 spiro atoms. The lowest BCUT2D eigenvalue weighted by atomic mass is 9.95. The van der Waals surface area contributed by atoms with E-state index in [-0.39, 0.29) is 6.03 Å². The molecule has 0 saturated carbocycles. The second-order valence-electron chi connectivity index (χ2n) is 6.11. The Bertz CT molecular complexity index is 611. The van der Waals surface area contributed by atoms with Gasteiger partial charge in [0.15, 0.2) is 0 Å². The summed E-state index contributed by atoms with van der Waals surface area (Å²) in [6.45, 7) is 4.63. The zero-order valence-electron chi connectivity index (χ0n) is 13.7. The normalized spacial score (nSPS) is 18.0. The van der Waals surface area contributed by atoms with E-state index < -0.39 is 5.91 Å². The molecule has 0 aromatic carbocycles. The number of nitrogens with two attached hydrogens (primary N) is 1. The summed E-state index contributed by atoms with van der Waals surface area (Å²) in [4.78, 5) is 27.4. The molecule has 3 rings (SSSR count). The Morgan fingerprint density at radius 2 is 1.96 bits per heavy atom. The standard InChI is InChI=1S/C16H24N4O3S/c17-14(21)13-11-3-1-2-4-12(11)24-15(13)19-16(22)18-5-6-20-7-9-23-10-8-20/h1-10H2,(H2,17,21)(H2,18,19,22). The summed E-state index contributed by atoms with van der Waals surface area (Å²) >= 11 is 1.48. The highest BCUT2D eigenvalue weighted by atomic mass is 32.1. The van der Waals surface area contributed by atoms with Crippen molar-refractivity contribution in [1.29, 1.82) is 0 Å². The van der Waals surface area contributed by atoms with Crippen molar-refractivity contribution in [1.82, 2.24) is 10.2 Å². The van der Waals surface area contributed by atoms with Gasteiger partial charge in [0.1, 0.15) is 5.00 Å². The predicted molar refractivity (Wildman–Crippen MR) is 93.8 cm³/mol. The van der Waals surface area contributed by atoms with Gasteiger partial charge in [0.25, 0.3) is 5.91 Å². The zero-order chi connectivity index (χ0) is 16.9. The first-order chi connectivity index (χ1) is 11.6. The first-order valence-corrected chi connectivity index (χ1v) is 9.26. The summed E-state index contributed by atoms with van der Waals surface area (Å²) in [5, 5.41) is 6.24. The fraction of sp³-hybridized carbons (Fsp3) is 0.625. The second kappa shape index (κ2) is 7.96. The van der Waals surface area contributed by atoms with Gasteiger partial charge in [0, 0.05) is 31.1 Å². The summed E-state index contributed by atoms with van der Waals surface area (Å²) in [6, 6.07) is -0.288. The number of fused-ring (bicyclic) bond motifs is 1. The van der Waals surface area contributed by atoms with Gasteiger partial charge >= 0.3 is 6.03 Å². The van der Waals surface area contributed by atoms with Crippen LogP contribution in [-0.4, -0.2) is 56.2 Å². The van der Waals surface area contributed by atoms with Gasteiger partial charge in [-0.3, -0.25) is 15.0 Å². The number of hydrogen-bond acceptors (Lipinski definition) is 5. The number of anilines is 1. The van der Waals surface area contributed by atoms with Crippen molar-refractivity contribution in [3.05, 3.63) is 16.0 Å². The first kappa shape index (κ1) is 17.2. The SMILES string of the molecule is NC(=O)c1c(NC(=O)NCCN2CCOCC2)sc2c1CCCC2. The van der Waals surface area contributed by atoms with Crippen LogP contribution < -0.4 is 16.4 Å². The van der Waals surface area contributed by atoms with E-state index in [9.17, 15) is 9.59 Å². The fourth-order valence-corrected chi connectivity index (χ4v) is 4.50. The highest BCUT2D eigenvalue weighted by molar-refractivity contribution is 7.17. The molecule has 4 N–H and O–H groups in total. The maximum atomic E-state index is 12.1. The van der Waals surface area contributed by atoms with E-state index in [0.717, 1.165) is 64.1 Å². The Labute approximate surface area is 145 Å². The van der Waals surface area contributed by atoms with Crippen molar-refractivity contribution < 1.29 is 14.3 Å². The van der Waals surface area contributed by atoms with Crippen molar-refractivity contribution in [3.63, 3.8) is 0 Å². The number of thiophene rings is 1. The molecule has 0 bridgehead atoms. The molecule has 1 saturated heterocycles. The number of nitrogens with one attached hydrogen (secondary N) is 2. The topological polar surface area (TPSA) is 96.7 Å². The molecular weight excluding hydrogens is 328 g/mol. The van der Waals surface area contributed by atoms with Crippen molar-refractivity contribution in [2.45, 2.75) is 25.7 Å². The van der Waals surface area contributed by atoms with Crippen LogP contribution in [0.1, 0.15) is 33.6 Å². The predicted octanol–water partition coefficient (Wildman–Crippen LogP) is 1.18. The lowest BCUT2D eigenvalue weighted by Crippen LogP contribution is -2.42. The van der Waals surface area contributed by atoms with Gasteiger partial charge in [-0.15, -0.1) is 11.3 Å². The largest absolute Gasteiger partial charge is 0.379 e. The number of aryl methyl sites for hydroxylation is 1. The molecule has 0 radical (unpaired) electrons. The maximum Gasteiger partial charge on any atom is 0.319 e. The number of carbonyl (C=O) groups excluding carboxylic acids is 2. The van der Waals surface area contributed by atoms with Crippen LogP contribution in [0.15, 0.2) is 0 Å². The minimum Gasteiger partial charge on any atom is -0.379 e. The Morgan fingerprint density at radius 3 is 2.71 bits per heavy atom. The molecule has 1 aliphatic heterocycles. The number of rotatable bonds is 5. The summed E-state index contributed by atoms with van der Waals surface area (Å²) < 4.78 is 5.30. The Morgan fingerprint density at radius 1 is 1.21 bits per heavy atom. The summed E-state index contributed by atoms with van der Waals surface area (Å²) in [5.41, 5.74) is 7.06. The Kier molecular flexibility index (Phi) is 5.70. The molecule has 2 heterocycles. The van der Waals surface area contributed by atoms with E-state index in [4.69, 9.17) is 10.5 Å². The molecule has 1 aromatic heterocycles. The molecule has 8 heteroatoms. The number of morpholine rings is 1. The van der Waals surface area contributed by atoms with Gasteiger partial charge < -0.3 is 15.8 Å². The Hall–Kier alpha value is -1.64. The molecule has 132 valence electrons. The molecule has 0 atom stereocenters. The van der Waals surface area contributed by atoms with Crippen LogP contribution in [-0.2, 0) is 17.6 Å². The van der Waals surface area contributed by atoms with E-state index >= 15 is 0 Å². The third-order valence-electron chi connectivity index (χ3n) is 4.46. The smallest absolute Gasteiger partial charge is 0.319 e. The number of carbonyl (C=O) groups is 2. The fourth-order valence-electron chi connectivity index (χ4n) is 3.21. The van der Waals surface area contributed by atoms with E-state index in [2.05, 4.69) is 15.5 Å². The van der Waals surface area contributed by atoms with Crippen molar-refractivity contribution >= 4 is 28.3 Å². The van der Waals surface area contributed by atoms with Crippen LogP contribution >= 0.6 is 11.3 Å². The van der Waals surface area contributed by atoms with Gasteiger partial charge in [-0.25, -0.2) is 4.79 Å². The van der Waals surface area contributed by atoms with Crippen LogP contribution in [0.2, 0.25) is 0 Å². The number of amides is 3. The summed E-state index contributed by atoms with van der Waals surface area (Å²) in [5.74, 6) is -0.460. The maximum absolute atomic E-state index is 12.1. The lowest BCUT2D eigenvalue weighted by Gasteiger charge is -2.26. The number of hydrogen-bond donors (Lipinski definition) is 3. The van der Waals surface area contributed by atoms with E-state index in [1.165, 1.54) is 16.2 Å². The molecule has 3 amide bonds. The quantitative estimate of drug-likeness (QED) is 0.741. The molecule has 2 aliphatic rings. The van der Waals surface area contributed by atoms with Gasteiger partial charge in [-0.1, -0.05) is 0 Å². The number of ether oxygens (including phenoxy) is 1. The Balaban J connectivity index is 1.56. The first-order valence-electron chi connectivity index (χ1n) is 8.44. The highest BCUT2D eigenvalue weighted by Gasteiger charge is 2.24. The molecular formula is C16H24N4O3S.